The molecule has 0 spiro atoms. The Bertz CT molecular complexity index is 386. The maximum atomic E-state index is 11.8. The van der Waals surface area contributed by atoms with Crippen LogP contribution < -0.4 is 0 Å². The van der Waals surface area contributed by atoms with E-state index in [0.717, 1.165) is 24.7 Å². The summed E-state index contributed by atoms with van der Waals surface area (Å²) in [6.45, 7) is 0.433. The second-order valence-corrected chi connectivity index (χ2v) is 4.36. The summed E-state index contributed by atoms with van der Waals surface area (Å²) < 4.78 is 5.60. The van der Waals surface area contributed by atoms with Crippen molar-refractivity contribution >= 4 is 12.1 Å². The minimum atomic E-state index is -0.454. The van der Waals surface area contributed by atoms with Gasteiger partial charge in [0, 0.05) is 0 Å². The zero-order valence-electron chi connectivity index (χ0n) is 9.67. The lowest BCUT2D eigenvalue weighted by Gasteiger charge is -2.24. The van der Waals surface area contributed by atoms with Crippen LogP contribution in [-0.2, 0) is 20.9 Å². The summed E-state index contributed by atoms with van der Waals surface area (Å²) in [5.41, 5.74) is 1.05. The molecule has 0 N–H and O–H groups in total. The van der Waals surface area contributed by atoms with Gasteiger partial charge in [-0.2, -0.15) is 0 Å². The number of Topliss-reactive ketones (excluding diaryl/α,β-unsaturated/α-hetero) is 1. The smallest absolute Gasteiger partial charge is 0.171 e. The second-order valence-electron chi connectivity index (χ2n) is 4.36. The van der Waals surface area contributed by atoms with Crippen molar-refractivity contribution in [1.29, 1.82) is 0 Å². The number of carbonyl (C=O) groups excluding carboxylic acids is 2. The highest BCUT2D eigenvalue weighted by Crippen LogP contribution is 2.22. The highest BCUT2D eigenvalue weighted by Gasteiger charge is 2.31. The van der Waals surface area contributed by atoms with Crippen LogP contribution in [0.1, 0.15) is 24.8 Å². The Kier molecular flexibility index (Phi) is 4.04. The molecule has 17 heavy (non-hydrogen) atoms. The number of aldehydes is 1. The van der Waals surface area contributed by atoms with Gasteiger partial charge >= 0.3 is 0 Å². The quantitative estimate of drug-likeness (QED) is 0.590. The lowest BCUT2D eigenvalue weighted by molar-refractivity contribution is -0.141. The van der Waals surface area contributed by atoms with Crippen LogP contribution in [0.3, 0.4) is 0 Å². The number of benzene rings is 1. The van der Waals surface area contributed by atoms with Crippen LogP contribution in [0.4, 0.5) is 0 Å². The summed E-state index contributed by atoms with van der Waals surface area (Å²) in [4.78, 5) is 22.5. The molecular formula is C14H16O3. The van der Waals surface area contributed by atoms with Gasteiger partial charge in [0.15, 0.2) is 5.78 Å². The third kappa shape index (κ3) is 3.01. The van der Waals surface area contributed by atoms with E-state index in [1.807, 2.05) is 30.3 Å². The Morgan fingerprint density at radius 2 is 2.00 bits per heavy atom. The first-order valence-corrected chi connectivity index (χ1v) is 5.96. The molecule has 0 heterocycles. The van der Waals surface area contributed by atoms with E-state index in [2.05, 4.69) is 0 Å². The van der Waals surface area contributed by atoms with Gasteiger partial charge in [-0.1, -0.05) is 30.3 Å². The van der Waals surface area contributed by atoms with Crippen molar-refractivity contribution in [2.45, 2.75) is 32.0 Å². The van der Waals surface area contributed by atoms with Gasteiger partial charge in [-0.15, -0.1) is 0 Å². The lowest BCUT2D eigenvalue weighted by Crippen LogP contribution is -2.35. The van der Waals surface area contributed by atoms with E-state index in [0.29, 0.717) is 13.0 Å². The van der Waals surface area contributed by atoms with Gasteiger partial charge in [0.2, 0.25) is 0 Å². The standard InChI is InChI=1S/C14H16O3/c15-9-12-7-4-8-13(14(12)16)17-10-11-5-2-1-3-6-11/h1-3,5-6,9,12-13H,4,7-8,10H2. The van der Waals surface area contributed by atoms with E-state index in [9.17, 15) is 9.59 Å². The first-order valence-electron chi connectivity index (χ1n) is 5.96. The largest absolute Gasteiger partial charge is 0.366 e. The van der Waals surface area contributed by atoms with E-state index >= 15 is 0 Å². The van der Waals surface area contributed by atoms with E-state index in [4.69, 9.17) is 4.74 Å². The fourth-order valence-corrected chi connectivity index (χ4v) is 2.12. The van der Waals surface area contributed by atoms with Crippen molar-refractivity contribution in [3.63, 3.8) is 0 Å². The molecule has 90 valence electrons. The molecule has 1 fully saturated rings. The van der Waals surface area contributed by atoms with Gasteiger partial charge in [-0.25, -0.2) is 0 Å². The predicted octanol–water partition coefficient (Wildman–Crippen LogP) is 2.14. The summed E-state index contributed by atoms with van der Waals surface area (Å²) in [5, 5.41) is 0. The van der Waals surface area contributed by atoms with Gasteiger partial charge in [0.25, 0.3) is 0 Å². The molecule has 2 rings (SSSR count). The number of hydrogen-bond acceptors (Lipinski definition) is 3. The molecule has 1 aromatic rings. The number of rotatable bonds is 4. The van der Waals surface area contributed by atoms with Crippen LogP contribution in [0.2, 0.25) is 0 Å². The highest BCUT2D eigenvalue weighted by molar-refractivity contribution is 5.96. The molecule has 1 aliphatic carbocycles. The molecule has 0 radical (unpaired) electrons. The Labute approximate surface area is 101 Å². The van der Waals surface area contributed by atoms with E-state index in [-0.39, 0.29) is 5.78 Å². The molecule has 0 bridgehead atoms. The first kappa shape index (κ1) is 12.0. The maximum absolute atomic E-state index is 11.8. The third-order valence-corrected chi connectivity index (χ3v) is 3.12. The van der Waals surface area contributed by atoms with Crippen molar-refractivity contribution in [2.24, 2.45) is 5.92 Å². The second kappa shape index (κ2) is 5.73. The summed E-state index contributed by atoms with van der Waals surface area (Å²) in [7, 11) is 0. The molecule has 1 aromatic carbocycles. The monoisotopic (exact) mass is 232 g/mol. The van der Waals surface area contributed by atoms with Crippen molar-refractivity contribution in [2.75, 3.05) is 0 Å². The highest BCUT2D eigenvalue weighted by atomic mass is 16.5. The van der Waals surface area contributed by atoms with Crippen molar-refractivity contribution in [1.82, 2.24) is 0 Å². The molecule has 1 saturated carbocycles. The van der Waals surface area contributed by atoms with E-state index in [1.54, 1.807) is 0 Å². The topological polar surface area (TPSA) is 43.4 Å². The fraction of sp³-hybridized carbons (Fsp3) is 0.429. The normalized spacial score (nSPS) is 24.6. The lowest BCUT2D eigenvalue weighted by atomic mass is 9.87. The zero-order chi connectivity index (χ0) is 12.1. The Morgan fingerprint density at radius 3 is 2.71 bits per heavy atom. The molecule has 1 aliphatic rings. The minimum absolute atomic E-state index is 0.0535. The Balaban J connectivity index is 1.90. The predicted molar refractivity (Wildman–Crippen MR) is 63.4 cm³/mol. The van der Waals surface area contributed by atoms with Crippen LogP contribution >= 0.6 is 0 Å². The number of hydrogen-bond donors (Lipinski definition) is 0. The van der Waals surface area contributed by atoms with Crippen molar-refractivity contribution < 1.29 is 14.3 Å². The Morgan fingerprint density at radius 1 is 1.24 bits per heavy atom. The van der Waals surface area contributed by atoms with Gasteiger partial charge in [0.1, 0.15) is 12.4 Å². The number of ether oxygens (including phenoxy) is 1. The molecule has 2 unspecified atom stereocenters. The first-order chi connectivity index (χ1) is 8.31. The van der Waals surface area contributed by atoms with Crippen LogP contribution in [0.15, 0.2) is 30.3 Å². The van der Waals surface area contributed by atoms with Gasteiger partial charge in [0.05, 0.1) is 12.5 Å². The summed E-state index contributed by atoms with van der Waals surface area (Å²) >= 11 is 0. The van der Waals surface area contributed by atoms with Crippen LogP contribution in [0, 0.1) is 5.92 Å². The fourth-order valence-electron chi connectivity index (χ4n) is 2.12. The average Bonchev–Trinajstić information content (AvgIpc) is 2.39. The minimum Gasteiger partial charge on any atom is -0.366 e. The summed E-state index contributed by atoms with van der Waals surface area (Å²) in [6.07, 6.45) is 2.64. The molecule has 0 aromatic heterocycles. The number of carbonyl (C=O) groups is 2. The molecule has 0 amide bonds. The van der Waals surface area contributed by atoms with Crippen molar-refractivity contribution in [3.05, 3.63) is 35.9 Å². The zero-order valence-corrected chi connectivity index (χ0v) is 9.67. The van der Waals surface area contributed by atoms with Crippen LogP contribution in [0.25, 0.3) is 0 Å². The third-order valence-electron chi connectivity index (χ3n) is 3.12. The molecule has 2 atom stereocenters. The summed E-state index contributed by atoms with van der Waals surface area (Å²) in [6, 6.07) is 9.75. The summed E-state index contributed by atoms with van der Waals surface area (Å²) in [5.74, 6) is -0.508. The van der Waals surface area contributed by atoms with Gasteiger partial charge in [-0.05, 0) is 24.8 Å². The van der Waals surface area contributed by atoms with E-state index in [1.165, 1.54) is 0 Å². The van der Waals surface area contributed by atoms with Crippen LogP contribution in [0.5, 0.6) is 0 Å². The SMILES string of the molecule is O=CC1CCCC(OCc2ccccc2)C1=O. The molecule has 3 nitrogen and oxygen atoms in total. The van der Waals surface area contributed by atoms with Gasteiger partial charge < -0.3 is 9.53 Å². The van der Waals surface area contributed by atoms with Crippen LogP contribution in [-0.4, -0.2) is 18.2 Å². The van der Waals surface area contributed by atoms with E-state index < -0.39 is 12.0 Å². The Hall–Kier alpha value is -1.48. The average molecular weight is 232 g/mol. The number of ketones is 1. The maximum Gasteiger partial charge on any atom is 0.171 e. The molecular weight excluding hydrogens is 216 g/mol. The molecule has 0 saturated heterocycles. The molecule has 0 aliphatic heterocycles. The van der Waals surface area contributed by atoms with Crippen molar-refractivity contribution in [3.8, 4) is 0 Å². The van der Waals surface area contributed by atoms with Gasteiger partial charge in [-0.3, -0.25) is 4.79 Å². The molecule has 3 heteroatoms.